The van der Waals surface area contributed by atoms with Crippen LogP contribution in [0.1, 0.15) is 148 Å². The van der Waals surface area contributed by atoms with Gasteiger partial charge < -0.3 is 15.7 Å². The fraction of sp³-hybridized carbons (Fsp3) is 0.628. The first kappa shape index (κ1) is 44.7. The highest BCUT2D eigenvalue weighted by molar-refractivity contribution is 5.85. The van der Waals surface area contributed by atoms with Crippen molar-refractivity contribution in [1.29, 1.82) is 0 Å². The van der Waals surface area contributed by atoms with Crippen LogP contribution in [-0.4, -0.2) is 46.7 Å². The van der Waals surface area contributed by atoms with E-state index in [9.17, 15) is 33.1 Å². The van der Waals surface area contributed by atoms with Gasteiger partial charge in [-0.1, -0.05) is 109 Å². The van der Waals surface area contributed by atoms with Gasteiger partial charge in [0.25, 0.3) is 0 Å². The molecule has 0 aromatic heterocycles. The lowest BCUT2D eigenvalue weighted by Crippen LogP contribution is -2.48. The van der Waals surface area contributed by atoms with Gasteiger partial charge in [-0.3, -0.25) is 19.2 Å². The fourth-order valence-electron chi connectivity index (χ4n) is 6.42. The molecule has 0 spiro atoms. The Morgan fingerprint density at radius 2 is 1.29 bits per heavy atom. The van der Waals surface area contributed by atoms with Crippen LogP contribution >= 0.6 is 0 Å². The summed E-state index contributed by atoms with van der Waals surface area (Å²) in [6.07, 6.45) is 10.7. The molecule has 3 N–H and O–H groups in total. The summed E-state index contributed by atoms with van der Waals surface area (Å²) >= 11 is 0. The van der Waals surface area contributed by atoms with Crippen LogP contribution in [0.5, 0.6) is 0 Å². The van der Waals surface area contributed by atoms with Crippen LogP contribution in [-0.2, 0) is 32.0 Å². The minimum absolute atomic E-state index is 0.00770. The number of aliphatic hydroxyl groups excluding tert-OH is 1. The number of rotatable bonds is 28. The third kappa shape index (κ3) is 18.9. The number of hydrogen-bond acceptors (Lipinski definition) is 5. The van der Waals surface area contributed by atoms with Gasteiger partial charge in [0.2, 0.25) is 11.8 Å². The largest absolute Gasteiger partial charge is 0.383 e. The van der Waals surface area contributed by atoms with Crippen molar-refractivity contribution in [2.45, 2.75) is 168 Å². The number of halogens is 2. The second-order valence-corrected chi connectivity index (χ2v) is 15.2. The Hall–Kier alpha value is -3.46. The summed E-state index contributed by atoms with van der Waals surface area (Å²) in [5.41, 5.74) is 0.586. The van der Waals surface area contributed by atoms with E-state index in [4.69, 9.17) is 0 Å². The minimum Gasteiger partial charge on any atom is -0.383 e. The van der Waals surface area contributed by atoms with Gasteiger partial charge in [-0.05, 0) is 73.3 Å². The standard InChI is InChI=1S/C43H64F2N2O5/c1-5-7-9-11-16-20-40(50)46-35(30-33-29-34(44)22-23-37(33)45)31-36(48)24-26-43(3,4)27-25-39(49)42(52)38(28-32-18-14-13-15-19-32)47-41(51)21-17-12-10-8-6-2/h13-15,18-19,22-23,29,35,38,42,52H,5-12,16-17,20-21,24-28,30-31H2,1-4H3,(H,46,50)(H,47,51). The van der Waals surface area contributed by atoms with E-state index in [1.54, 1.807) is 0 Å². The number of benzene rings is 2. The molecule has 0 aliphatic carbocycles. The summed E-state index contributed by atoms with van der Waals surface area (Å²) < 4.78 is 28.4. The van der Waals surface area contributed by atoms with Crippen molar-refractivity contribution >= 4 is 23.4 Å². The molecule has 2 aromatic carbocycles. The lowest BCUT2D eigenvalue weighted by Gasteiger charge is -2.27. The molecule has 9 heteroatoms. The number of Topliss-reactive ketones (excluding diaryl/α,β-unsaturated/α-hetero) is 2. The van der Waals surface area contributed by atoms with E-state index < -0.39 is 35.2 Å². The van der Waals surface area contributed by atoms with Crippen LogP contribution in [0.3, 0.4) is 0 Å². The predicted molar refractivity (Wildman–Crippen MR) is 204 cm³/mol. The molecule has 2 rings (SSSR count). The maximum absolute atomic E-state index is 14.5. The highest BCUT2D eigenvalue weighted by Gasteiger charge is 2.30. The first-order chi connectivity index (χ1) is 24.8. The number of unbranched alkanes of at least 4 members (excludes halogenated alkanes) is 8. The lowest BCUT2D eigenvalue weighted by atomic mass is 9.80. The number of nitrogens with one attached hydrogen (secondary N) is 2. The van der Waals surface area contributed by atoms with E-state index in [-0.39, 0.29) is 54.6 Å². The van der Waals surface area contributed by atoms with Gasteiger partial charge >= 0.3 is 0 Å². The Balaban J connectivity index is 1.97. The first-order valence-corrected chi connectivity index (χ1v) is 19.6. The molecule has 0 aliphatic heterocycles. The first-order valence-electron chi connectivity index (χ1n) is 19.6. The monoisotopic (exact) mass is 726 g/mol. The van der Waals surface area contributed by atoms with Gasteiger partial charge in [0.05, 0.1) is 6.04 Å². The smallest absolute Gasteiger partial charge is 0.220 e. The van der Waals surface area contributed by atoms with Crippen LogP contribution in [0.15, 0.2) is 48.5 Å². The molecule has 0 saturated heterocycles. The fourth-order valence-corrected chi connectivity index (χ4v) is 6.42. The van der Waals surface area contributed by atoms with Crippen molar-refractivity contribution in [2.24, 2.45) is 5.41 Å². The molecule has 0 radical (unpaired) electrons. The molecule has 0 aliphatic rings. The molecular weight excluding hydrogens is 662 g/mol. The average molecular weight is 727 g/mol. The van der Waals surface area contributed by atoms with Gasteiger partial charge in [-0.2, -0.15) is 0 Å². The Morgan fingerprint density at radius 3 is 1.90 bits per heavy atom. The molecule has 290 valence electrons. The summed E-state index contributed by atoms with van der Waals surface area (Å²) in [5.74, 6) is -2.05. The number of aliphatic hydroxyl groups is 1. The van der Waals surface area contributed by atoms with Gasteiger partial charge in [0, 0.05) is 38.1 Å². The van der Waals surface area contributed by atoms with E-state index in [1.807, 2.05) is 44.2 Å². The van der Waals surface area contributed by atoms with E-state index in [2.05, 4.69) is 24.5 Å². The Morgan fingerprint density at radius 1 is 0.712 bits per heavy atom. The summed E-state index contributed by atoms with van der Waals surface area (Å²) in [7, 11) is 0. The van der Waals surface area contributed by atoms with E-state index in [0.717, 1.165) is 88.0 Å². The maximum Gasteiger partial charge on any atom is 0.220 e. The summed E-state index contributed by atoms with van der Waals surface area (Å²) in [6.45, 7) is 8.18. The SMILES string of the molecule is CCCCCCCC(=O)NC(CC(=O)CCC(C)(C)CCC(=O)C(O)C(Cc1ccccc1)NC(=O)CCCCCCC)Cc1cc(F)ccc1F. The topological polar surface area (TPSA) is 113 Å². The zero-order valence-corrected chi connectivity index (χ0v) is 32.1. The molecule has 7 nitrogen and oxygen atoms in total. The van der Waals surface area contributed by atoms with E-state index in [1.165, 1.54) is 0 Å². The highest BCUT2D eigenvalue weighted by atomic mass is 19.1. The minimum atomic E-state index is -1.37. The van der Waals surface area contributed by atoms with Crippen LogP contribution in [0, 0.1) is 17.0 Å². The molecule has 3 unspecified atom stereocenters. The third-order valence-electron chi connectivity index (χ3n) is 9.81. The highest BCUT2D eigenvalue weighted by Crippen LogP contribution is 2.30. The van der Waals surface area contributed by atoms with Gasteiger partial charge in [0.1, 0.15) is 23.5 Å². The number of carbonyl (C=O) groups excluding carboxylic acids is 4. The molecule has 52 heavy (non-hydrogen) atoms. The van der Waals surface area contributed by atoms with Crippen molar-refractivity contribution in [1.82, 2.24) is 10.6 Å². The quantitative estimate of drug-likeness (QED) is 0.0759. The normalized spacial score (nSPS) is 13.3. The Kier molecular flexibility index (Phi) is 21.2. The van der Waals surface area contributed by atoms with Gasteiger partial charge in [0.15, 0.2) is 5.78 Å². The zero-order chi connectivity index (χ0) is 38.4. The molecule has 2 aromatic rings. The molecule has 2 amide bonds. The van der Waals surface area contributed by atoms with Crippen molar-refractivity contribution < 1.29 is 33.1 Å². The Labute approximate surface area is 311 Å². The molecule has 3 atom stereocenters. The average Bonchev–Trinajstić information content (AvgIpc) is 3.11. The van der Waals surface area contributed by atoms with Gasteiger partial charge in [-0.25, -0.2) is 8.78 Å². The second-order valence-electron chi connectivity index (χ2n) is 15.2. The van der Waals surface area contributed by atoms with E-state index >= 15 is 0 Å². The molecule has 0 fully saturated rings. The second kappa shape index (κ2) is 24.7. The maximum atomic E-state index is 14.5. The van der Waals surface area contributed by atoms with Crippen LogP contribution in [0.25, 0.3) is 0 Å². The molecule has 0 saturated carbocycles. The predicted octanol–water partition coefficient (Wildman–Crippen LogP) is 8.92. The molecule has 0 bridgehead atoms. The number of amides is 2. The van der Waals surface area contributed by atoms with Crippen molar-refractivity contribution in [2.75, 3.05) is 0 Å². The summed E-state index contributed by atoms with van der Waals surface area (Å²) in [5, 5.41) is 17.0. The third-order valence-corrected chi connectivity index (χ3v) is 9.81. The Bertz CT molecular complexity index is 1370. The summed E-state index contributed by atoms with van der Waals surface area (Å²) in [6, 6.07) is 11.2. The van der Waals surface area contributed by atoms with Crippen molar-refractivity contribution in [3.8, 4) is 0 Å². The number of carbonyl (C=O) groups is 4. The zero-order valence-electron chi connectivity index (χ0n) is 32.1. The summed E-state index contributed by atoms with van der Waals surface area (Å²) in [4.78, 5) is 52.1. The van der Waals surface area contributed by atoms with Crippen LogP contribution in [0.4, 0.5) is 8.78 Å². The number of hydrogen-bond donors (Lipinski definition) is 3. The van der Waals surface area contributed by atoms with Crippen LogP contribution < -0.4 is 10.6 Å². The van der Waals surface area contributed by atoms with Crippen LogP contribution in [0.2, 0.25) is 0 Å². The van der Waals surface area contributed by atoms with Crippen molar-refractivity contribution in [3.05, 3.63) is 71.3 Å². The number of ketones is 2. The lowest BCUT2D eigenvalue weighted by molar-refractivity contribution is -0.131. The van der Waals surface area contributed by atoms with Crippen molar-refractivity contribution in [3.63, 3.8) is 0 Å². The van der Waals surface area contributed by atoms with E-state index in [0.29, 0.717) is 32.1 Å². The molecule has 0 heterocycles. The molecular formula is C43H64F2N2O5. The van der Waals surface area contributed by atoms with Gasteiger partial charge in [-0.15, -0.1) is 0 Å².